The van der Waals surface area contributed by atoms with Crippen molar-refractivity contribution < 1.29 is 17.7 Å². The van der Waals surface area contributed by atoms with Crippen molar-refractivity contribution in [2.75, 3.05) is 29.4 Å². The Morgan fingerprint density at radius 2 is 0.357 bits per heavy atom. The Bertz CT molecular complexity index is 8080. The van der Waals surface area contributed by atoms with Crippen molar-refractivity contribution >= 4 is 205 Å². The number of rotatable bonds is 20. The highest BCUT2D eigenvalue weighted by atomic mass is 28.3. The predicted molar refractivity (Wildman–Crippen MR) is 589 cm³/mol. The Balaban J connectivity index is 0.000000115. The lowest BCUT2D eigenvalue weighted by atomic mass is 10.1. The number of hydrogen-bond donors (Lipinski definition) is 0. The number of anilines is 18. The molecule has 26 rings (SSSR count). The standard InChI is InChI=1S/C50H36N2OSi.C40H32N2OSi.C38H26N2O2/c1-7-19-37(20-8-1)51(38-21-9-2-10-22-38)41-31-33-47-45(35-41)50-49(53-47)46-36-42(52(39-23-11-3-12-24-39)40-25-13-4-14-26-40)32-34-48(46)54(50,43-27-15-5-16-28-43)44-29-17-6-18-30-44;1-44(2)38-26-24-34(42(31-19-11-5-12-20-31)32-21-13-6-14-22-32)28-36(38)39-40(44)35-27-33(23-25-37(35)43-39)41(29-15-7-3-8-16-29)30-17-9-4-10-18-30;1-5-13-27(14-6-1)39(28-15-7-2-8-16-28)31-21-23-35-33(25-31)37-38(41-35)34-26-32(22-24-36(34)42-37)40(29-17-9-3-10-18-29)30-19-11-4-12-20-30/h1-36H;3-28H,1-2H3;1-26H. The Morgan fingerprint density at radius 3 is 0.614 bits per heavy atom. The number of benzene rings is 20. The molecule has 0 N–H and O–H groups in total. The molecule has 4 aromatic heterocycles. The van der Waals surface area contributed by atoms with E-state index in [9.17, 15) is 0 Å². The van der Waals surface area contributed by atoms with Crippen molar-refractivity contribution in [2.45, 2.75) is 13.1 Å². The summed E-state index contributed by atoms with van der Waals surface area (Å²) in [6.45, 7) is 4.91. The third-order valence-electron chi connectivity index (χ3n) is 27.1. The number of nitrogens with zero attached hydrogens (tertiary/aromatic N) is 6. The second-order valence-electron chi connectivity index (χ2n) is 35.8. The molecule has 0 bridgehead atoms. The number of furan rings is 4. The lowest BCUT2D eigenvalue weighted by molar-refractivity contribution is 0.634. The highest BCUT2D eigenvalue weighted by Crippen LogP contribution is 2.49. The van der Waals surface area contributed by atoms with Crippen molar-refractivity contribution in [3.63, 3.8) is 0 Å². The first-order valence-electron chi connectivity index (χ1n) is 47.6. The molecule has 0 fully saturated rings. The molecule has 6 heterocycles. The van der Waals surface area contributed by atoms with Gasteiger partial charge in [0, 0.05) is 129 Å². The van der Waals surface area contributed by atoms with Crippen molar-refractivity contribution in [2.24, 2.45) is 0 Å². The highest BCUT2D eigenvalue weighted by Gasteiger charge is 2.53. The summed E-state index contributed by atoms with van der Waals surface area (Å²) in [4.78, 5) is 13.8. The zero-order chi connectivity index (χ0) is 93.5. The molecule has 0 spiro atoms. The van der Waals surface area contributed by atoms with Crippen LogP contribution in [0.15, 0.2) is 552 Å². The van der Waals surface area contributed by atoms with E-state index in [0.29, 0.717) is 0 Å². The minimum absolute atomic E-state index is 0.756. The fraction of sp³-hybridized carbons (Fsp3) is 0.0156. The van der Waals surface area contributed by atoms with Crippen LogP contribution in [-0.2, 0) is 0 Å². The largest absolute Gasteiger partial charge is 0.456 e. The van der Waals surface area contributed by atoms with Gasteiger partial charge in [-0.25, -0.2) is 0 Å². The van der Waals surface area contributed by atoms with Crippen LogP contribution in [-0.4, -0.2) is 16.1 Å². The second kappa shape index (κ2) is 36.7. The quantitative estimate of drug-likeness (QED) is 0.0689. The molecule has 20 aromatic carbocycles. The summed E-state index contributed by atoms with van der Waals surface area (Å²) in [7, 11) is -4.96. The number of hydrogen-bond acceptors (Lipinski definition) is 10. The molecule has 668 valence electrons. The smallest absolute Gasteiger partial charge is 0.185 e. The zero-order valence-electron chi connectivity index (χ0n) is 77.1. The maximum Gasteiger partial charge on any atom is 0.185 e. The summed E-state index contributed by atoms with van der Waals surface area (Å²) in [5, 5.41) is 12.4. The van der Waals surface area contributed by atoms with Crippen LogP contribution in [0.3, 0.4) is 0 Å². The van der Waals surface area contributed by atoms with Gasteiger partial charge in [-0.15, -0.1) is 0 Å². The van der Waals surface area contributed by atoms with Gasteiger partial charge in [-0.3, -0.25) is 0 Å². The molecule has 0 aliphatic carbocycles. The van der Waals surface area contributed by atoms with E-state index >= 15 is 0 Å². The van der Waals surface area contributed by atoms with Gasteiger partial charge in [0.15, 0.2) is 19.2 Å². The molecular weight excluding hydrogens is 1740 g/mol. The van der Waals surface area contributed by atoms with Gasteiger partial charge in [0.2, 0.25) is 0 Å². The summed E-state index contributed by atoms with van der Waals surface area (Å²) in [6.07, 6.45) is 0. The van der Waals surface area contributed by atoms with E-state index in [2.05, 4.69) is 540 Å². The third kappa shape index (κ3) is 15.4. The van der Waals surface area contributed by atoms with Gasteiger partial charge in [0.25, 0.3) is 0 Å². The molecule has 10 nitrogen and oxygen atoms in total. The van der Waals surface area contributed by atoms with Crippen LogP contribution < -0.4 is 60.5 Å². The first-order valence-corrected chi connectivity index (χ1v) is 52.6. The van der Waals surface area contributed by atoms with Gasteiger partial charge >= 0.3 is 0 Å². The third-order valence-corrected chi connectivity index (χ3v) is 35.5. The summed E-state index contributed by atoms with van der Waals surface area (Å²) in [5.74, 6) is 1.99. The average molecular weight is 1840 g/mol. The Morgan fingerprint density at radius 1 is 0.164 bits per heavy atom. The Kier molecular flexibility index (Phi) is 22.3. The second-order valence-corrected chi connectivity index (χ2v) is 43.8. The molecule has 0 amide bonds. The first-order chi connectivity index (χ1) is 69.2. The van der Waals surface area contributed by atoms with E-state index in [0.717, 1.165) is 169 Å². The molecule has 0 saturated carbocycles. The average Bonchev–Trinajstić information content (AvgIpc) is 1.51. The van der Waals surface area contributed by atoms with Crippen molar-refractivity contribution in [1.82, 2.24) is 0 Å². The zero-order valence-corrected chi connectivity index (χ0v) is 79.1. The summed E-state index contributed by atoms with van der Waals surface area (Å²) >= 11 is 0. The molecule has 0 saturated heterocycles. The minimum atomic E-state index is -2.90. The van der Waals surface area contributed by atoms with E-state index in [1.54, 1.807) is 0 Å². The monoisotopic (exact) mass is 1830 g/mol. The fourth-order valence-corrected chi connectivity index (χ4v) is 29.4. The lowest BCUT2D eigenvalue weighted by Gasteiger charge is -2.32. The maximum absolute atomic E-state index is 7.13. The lowest BCUT2D eigenvalue weighted by Crippen LogP contribution is -2.72. The van der Waals surface area contributed by atoms with Crippen LogP contribution in [0.25, 0.3) is 77.7 Å². The van der Waals surface area contributed by atoms with E-state index in [4.69, 9.17) is 17.7 Å². The van der Waals surface area contributed by atoms with Crippen molar-refractivity contribution in [3.05, 3.63) is 534 Å². The molecule has 12 heteroatoms. The Labute approximate surface area is 815 Å². The summed E-state index contributed by atoms with van der Waals surface area (Å²) in [6, 6.07) is 189. The molecule has 0 radical (unpaired) electrons. The SMILES string of the molecule is C[Si]1(C)c2ccc(N(c3ccccc3)c3ccccc3)cc2-c2oc3ccc(N(c4ccccc4)c4ccccc4)cc3c21.c1ccc(N(c2ccccc2)c2ccc3c(c2)-c2oc4ccc(N(c5ccccc5)c5ccccc5)cc4c2[Si]3(c2ccccc2)c2ccccc2)cc1.c1ccc(N(c2ccccc2)c2ccc3oc4c5cc(N(c6ccccc6)c6ccccc6)ccc5oc4c3c2)cc1. The molecular formula is C128H94N6O4Si2. The predicted octanol–water partition coefficient (Wildman–Crippen LogP) is 32.2. The van der Waals surface area contributed by atoms with Gasteiger partial charge < -0.3 is 47.1 Å². The van der Waals surface area contributed by atoms with E-state index in [1.165, 1.54) is 42.1 Å². The molecule has 140 heavy (non-hydrogen) atoms. The van der Waals surface area contributed by atoms with Crippen LogP contribution in [0, 0.1) is 0 Å². The normalized spacial score (nSPS) is 12.3. The molecule has 24 aromatic rings. The topological polar surface area (TPSA) is 72.0 Å². The van der Waals surface area contributed by atoms with Crippen LogP contribution in [0.4, 0.5) is 102 Å². The summed E-state index contributed by atoms with van der Waals surface area (Å²) in [5.41, 5.74) is 27.1. The van der Waals surface area contributed by atoms with Crippen LogP contribution in [0.5, 0.6) is 0 Å². The number of para-hydroxylation sites is 12. The molecule has 2 aliphatic heterocycles. The summed E-state index contributed by atoms with van der Waals surface area (Å²) < 4.78 is 26.8. The molecule has 0 unspecified atom stereocenters. The minimum Gasteiger partial charge on any atom is -0.456 e. The van der Waals surface area contributed by atoms with Crippen molar-refractivity contribution in [3.8, 4) is 22.6 Å². The van der Waals surface area contributed by atoms with E-state index in [1.807, 2.05) is 36.4 Å². The van der Waals surface area contributed by atoms with Crippen LogP contribution >= 0.6 is 0 Å². The van der Waals surface area contributed by atoms with Crippen LogP contribution in [0.1, 0.15) is 0 Å². The van der Waals surface area contributed by atoms with Gasteiger partial charge in [0.1, 0.15) is 41.9 Å². The molecule has 0 atom stereocenters. The molecule has 2 aliphatic rings. The Hall–Kier alpha value is -17.9. The van der Waals surface area contributed by atoms with Gasteiger partial charge in [-0.05, 0) is 269 Å². The van der Waals surface area contributed by atoms with Crippen molar-refractivity contribution in [1.29, 1.82) is 0 Å². The van der Waals surface area contributed by atoms with Gasteiger partial charge in [0.05, 0.1) is 10.8 Å². The van der Waals surface area contributed by atoms with Gasteiger partial charge in [-0.2, -0.15) is 0 Å². The van der Waals surface area contributed by atoms with E-state index in [-0.39, 0.29) is 0 Å². The fourth-order valence-electron chi connectivity index (χ4n) is 20.9. The van der Waals surface area contributed by atoms with Gasteiger partial charge in [-0.1, -0.05) is 304 Å². The maximum atomic E-state index is 7.13. The number of fused-ring (bicyclic) bond motifs is 15. The first kappa shape index (κ1) is 85.0. The highest BCUT2D eigenvalue weighted by molar-refractivity contribution is 7.23. The van der Waals surface area contributed by atoms with Crippen LogP contribution in [0.2, 0.25) is 13.1 Å². The van der Waals surface area contributed by atoms with E-state index < -0.39 is 16.1 Å².